The second-order valence-corrected chi connectivity index (χ2v) is 7.24. The molecule has 1 aromatic heterocycles. The van der Waals surface area contributed by atoms with E-state index in [0.29, 0.717) is 5.02 Å². The molecule has 0 fully saturated rings. The summed E-state index contributed by atoms with van der Waals surface area (Å²) in [5.41, 5.74) is 0.343. The number of halogens is 2. The summed E-state index contributed by atoms with van der Waals surface area (Å²) in [5, 5.41) is 9.39. The summed E-state index contributed by atoms with van der Waals surface area (Å²) in [6.07, 6.45) is 0. The number of hydrogen-bond acceptors (Lipinski definition) is 3. The molecule has 2 aromatic carbocycles. The van der Waals surface area contributed by atoms with Crippen molar-refractivity contribution in [2.45, 2.75) is 19.4 Å². The fraction of sp³-hybridized carbons (Fsp3) is 0.222. The average Bonchev–Trinajstić information content (AvgIpc) is 2.92. The summed E-state index contributed by atoms with van der Waals surface area (Å²) in [5.74, 6) is 2.25. The zero-order valence-electron chi connectivity index (χ0n) is 13.6. The van der Waals surface area contributed by atoms with Crippen molar-refractivity contribution in [1.29, 1.82) is 0 Å². The van der Waals surface area contributed by atoms with Crippen molar-refractivity contribution in [3.63, 3.8) is 0 Å². The van der Waals surface area contributed by atoms with Gasteiger partial charge in [-0.05, 0) is 44.2 Å². The zero-order valence-corrected chi connectivity index (χ0v) is 16.0. The third-order valence-electron chi connectivity index (χ3n) is 3.71. The van der Waals surface area contributed by atoms with Gasteiger partial charge in [-0.1, -0.05) is 45.7 Å². The second-order valence-electron chi connectivity index (χ2n) is 5.95. The van der Waals surface area contributed by atoms with Gasteiger partial charge in [-0.3, -0.25) is 0 Å². The Morgan fingerprint density at radius 1 is 1.04 bits per heavy atom. The Kier molecular flexibility index (Phi) is 4.65. The van der Waals surface area contributed by atoms with Crippen molar-refractivity contribution in [3.05, 3.63) is 63.9 Å². The van der Waals surface area contributed by atoms with E-state index in [2.05, 4.69) is 26.1 Å². The number of nitrogens with zero attached hydrogens (tertiary/aromatic N) is 3. The second kappa shape index (κ2) is 6.57. The minimum absolute atomic E-state index is 0.644. The number of ether oxygens (including phenoxy) is 1. The molecule has 0 radical (unpaired) electrons. The maximum absolute atomic E-state index is 6.11. The quantitative estimate of drug-likeness (QED) is 0.597. The highest BCUT2D eigenvalue weighted by Gasteiger charge is 2.30. The normalized spacial score (nSPS) is 11.5. The Hall–Kier alpha value is -1.85. The number of aromatic nitrogens is 3. The molecule has 0 aliphatic heterocycles. The van der Waals surface area contributed by atoms with Gasteiger partial charge >= 0.3 is 0 Å². The molecule has 0 unspecified atom stereocenters. The van der Waals surface area contributed by atoms with Crippen LogP contribution < -0.4 is 4.74 Å². The molecule has 3 rings (SSSR count). The van der Waals surface area contributed by atoms with Crippen LogP contribution in [0.15, 0.2) is 53.0 Å². The summed E-state index contributed by atoms with van der Waals surface area (Å²) in [6, 6.07) is 15.2. The minimum Gasteiger partial charge on any atom is -0.480 e. The third kappa shape index (κ3) is 3.32. The van der Waals surface area contributed by atoms with Crippen LogP contribution in [0.1, 0.15) is 19.7 Å². The Morgan fingerprint density at radius 2 is 1.71 bits per heavy atom. The van der Waals surface area contributed by atoms with Crippen molar-refractivity contribution in [2.75, 3.05) is 0 Å². The predicted octanol–water partition coefficient (Wildman–Crippen LogP) is 5.21. The van der Waals surface area contributed by atoms with Crippen LogP contribution in [0.2, 0.25) is 5.02 Å². The predicted molar refractivity (Wildman–Crippen MR) is 99.2 cm³/mol. The third-order valence-corrected chi connectivity index (χ3v) is 4.66. The maximum atomic E-state index is 6.11. The van der Waals surface area contributed by atoms with Crippen molar-refractivity contribution in [1.82, 2.24) is 14.8 Å². The molecule has 0 saturated carbocycles. The van der Waals surface area contributed by atoms with E-state index in [4.69, 9.17) is 16.3 Å². The van der Waals surface area contributed by atoms with E-state index in [1.807, 2.05) is 61.9 Å². The lowest BCUT2D eigenvalue weighted by Gasteiger charge is -2.25. The van der Waals surface area contributed by atoms with Crippen LogP contribution in [0, 0.1) is 0 Å². The van der Waals surface area contributed by atoms with Crippen molar-refractivity contribution < 1.29 is 4.74 Å². The monoisotopic (exact) mass is 405 g/mol. The smallest absolute Gasteiger partial charge is 0.176 e. The van der Waals surface area contributed by atoms with E-state index >= 15 is 0 Å². The summed E-state index contributed by atoms with van der Waals surface area (Å²) in [4.78, 5) is 0. The van der Waals surface area contributed by atoms with Gasteiger partial charge in [0.05, 0.1) is 0 Å². The van der Waals surface area contributed by atoms with E-state index in [1.54, 1.807) is 12.1 Å². The van der Waals surface area contributed by atoms with E-state index in [1.165, 1.54) is 0 Å². The standard InChI is InChI=1S/C18H17BrClN3O/c1-18(2,24-13-10-8-12(20)9-11-13)17-22-21-16(23(17)3)14-6-4-5-7-15(14)19/h4-11H,1-3H3. The van der Waals surface area contributed by atoms with Crippen LogP contribution in [-0.2, 0) is 12.6 Å². The number of rotatable bonds is 4. The highest BCUT2D eigenvalue weighted by molar-refractivity contribution is 9.10. The molecule has 3 aromatic rings. The lowest BCUT2D eigenvalue weighted by molar-refractivity contribution is 0.0950. The topological polar surface area (TPSA) is 39.9 Å². The van der Waals surface area contributed by atoms with E-state index < -0.39 is 5.60 Å². The summed E-state index contributed by atoms with van der Waals surface area (Å²) in [6.45, 7) is 3.94. The van der Waals surface area contributed by atoms with Gasteiger partial charge in [0.1, 0.15) is 5.75 Å². The van der Waals surface area contributed by atoms with Crippen LogP contribution in [0.4, 0.5) is 0 Å². The highest BCUT2D eigenvalue weighted by Crippen LogP contribution is 2.31. The largest absolute Gasteiger partial charge is 0.480 e. The molecule has 0 spiro atoms. The Labute approximate surface area is 154 Å². The van der Waals surface area contributed by atoms with Crippen molar-refractivity contribution >= 4 is 27.5 Å². The van der Waals surface area contributed by atoms with Gasteiger partial charge in [0.25, 0.3) is 0 Å². The molecule has 24 heavy (non-hydrogen) atoms. The van der Waals surface area contributed by atoms with Crippen LogP contribution in [0.25, 0.3) is 11.4 Å². The molecule has 0 bridgehead atoms. The summed E-state index contributed by atoms with van der Waals surface area (Å²) >= 11 is 9.49. The van der Waals surface area contributed by atoms with Gasteiger partial charge in [0, 0.05) is 22.1 Å². The fourth-order valence-corrected chi connectivity index (χ4v) is 3.16. The number of benzene rings is 2. The molecule has 0 amide bonds. The number of hydrogen-bond donors (Lipinski definition) is 0. The molecule has 6 heteroatoms. The molecule has 124 valence electrons. The molecule has 0 aliphatic rings. The van der Waals surface area contributed by atoms with Gasteiger partial charge < -0.3 is 9.30 Å². The zero-order chi connectivity index (χ0) is 17.3. The van der Waals surface area contributed by atoms with Gasteiger partial charge in [-0.25, -0.2) is 0 Å². The Balaban J connectivity index is 1.94. The highest BCUT2D eigenvalue weighted by atomic mass is 79.9. The lowest BCUT2D eigenvalue weighted by atomic mass is 10.1. The van der Waals surface area contributed by atoms with Crippen LogP contribution in [0.3, 0.4) is 0 Å². The van der Waals surface area contributed by atoms with Crippen molar-refractivity contribution in [2.24, 2.45) is 7.05 Å². The average molecular weight is 407 g/mol. The Morgan fingerprint density at radius 3 is 2.38 bits per heavy atom. The van der Waals surface area contributed by atoms with Crippen LogP contribution in [-0.4, -0.2) is 14.8 Å². The van der Waals surface area contributed by atoms with E-state index in [0.717, 1.165) is 27.4 Å². The first kappa shape index (κ1) is 17.0. The first-order chi connectivity index (χ1) is 11.4. The summed E-state index contributed by atoms with van der Waals surface area (Å²) < 4.78 is 9.04. The first-order valence-corrected chi connectivity index (χ1v) is 8.65. The maximum Gasteiger partial charge on any atom is 0.176 e. The molecular weight excluding hydrogens is 390 g/mol. The molecule has 0 N–H and O–H groups in total. The molecule has 0 aliphatic carbocycles. The van der Waals surface area contributed by atoms with Gasteiger partial charge in [-0.2, -0.15) is 0 Å². The first-order valence-electron chi connectivity index (χ1n) is 7.48. The van der Waals surface area contributed by atoms with Crippen LogP contribution >= 0.6 is 27.5 Å². The van der Waals surface area contributed by atoms with E-state index in [-0.39, 0.29) is 0 Å². The fourth-order valence-electron chi connectivity index (χ4n) is 2.57. The van der Waals surface area contributed by atoms with Gasteiger partial charge in [-0.15, -0.1) is 10.2 Å². The molecular formula is C18H17BrClN3O. The van der Waals surface area contributed by atoms with E-state index in [9.17, 15) is 0 Å². The Bertz CT molecular complexity index is 859. The van der Waals surface area contributed by atoms with Crippen LogP contribution in [0.5, 0.6) is 5.75 Å². The molecule has 0 saturated heterocycles. The van der Waals surface area contributed by atoms with Crippen molar-refractivity contribution in [3.8, 4) is 17.1 Å². The summed E-state index contributed by atoms with van der Waals surface area (Å²) in [7, 11) is 1.94. The van der Waals surface area contributed by atoms with Gasteiger partial charge in [0.15, 0.2) is 17.2 Å². The van der Waals surface area contributed by atoms with Gasteiger partial charge in [0.2, 0.25) is 0 Å². The SMILES string of the molecule is Cn1c(-c2ccccc2Br)nnc1C(C)(C)Oc1ccc(Cl)cc1. The molecule has 1 heterocycles. The minimum atomic E-state index is -0.644. The molecule has 0 atom stereocenters. The molecule has 4 nitrogen and oxygen atoms in total. The lowest BCUT2D eigenvalue weighted by Crippen LogP contribution is -2.29.